The molecule has 0 spiro atoms. The number of aryl methyl sites for hydroxylation is 1. The molecule has 0 bridgehead atoms. The van der Waals surface area contributed by atoms with Crippen LogP contribution in [-0.4, -0.2) is 55.7 Å². The van der Waals surface area contributed by atoms with Crippen LogP contribution >= 0.6 is 22.9 Å². The van der Waals surface area contributed by atoms with Gasteiger partial charge in [-0.25, -0.2) is 4.98 Å². The predicted molar refractivity (Wildman–Crippen MR) is 117 cm³/mol. The van der Waals surface area contributed by atoms with E-state index in [0.29, 0.717) is 24.6 Å². The van der Waals surface area contributed by atoms with E-state index in [1.807, 2.05) is 42.2 Å². The zero-order chi connectivity index (χ0) is 20.4. The van der Waals surface area contributed by atoms with E-state index in [4.69, 9.17) is 26.1 Å². The van der Waals surface area contributed by atoms with E-state index >= 15 is 0 Å². The Morgan fingerprint density at radius 1 is 1.14 bits per heavy atom. The molecule has 0 unspecified atom stereocenters. The Morgan fingerprint density at radius 3 is 2.59 bits per heavy atom. The molecule has 1 saturated heterocycles. The molecule has 1 aromatic heterocycles. The third-order valence-electron chi connectivity index (χ3n) is 5.06. The van der Waals surface area contributed by atoms with Crippen molar-refractivity contribution in [2.75, 3.05) is 44.8 Å². The highest BCUT2D eigenvalue weighted by atomic mass is 35.5. The number of para-hydroxylation sites is 2. The lowest BCUT2D eigenvalue weighted by Gasteiger charge is -2.34. The SMILES string of the molecule is COc1ccccc1OCC(=O)N1CCN(c2nc3c(C)c(Cl)ccc3s2)CC1. The van der Waals surface area contributed by atoms with Crippen LogP contribution in [0.3, 0.4) is 0 Å². The van der Waals surface area contributed by atoms with Crippen LogP contribution in [0.2, 0.25) is 5.02 Å². The average molecular weight is 432 g/mol. The van der Waals surface area contributed by atoms with E-state index in [2.05, 4.69) is 4.90 Å². The molecule has 3 aromatic rings. The molecular formula is C21H22ClN3O3S. The fraction of sp³-hybridized carbons (Fsp3) is 0.333. The number of hydrogen-bond acceptors (Lipinski definition) is 6. The summed E-state index contributed by atoms with van der Waals surface area (Å²) in [6.45, 7) is 4.76. The first-order valence-corrected chi connectivity index (χ1v) is 10.6. The van der Waals surface area contributed by atoms with Crippen LogP contribution in [-0.2, 0) is 4.79 Å². The fourth-order valence-electron chi connectivity index (χ4n) is 3.34. The quantitative estimate of drug-likeness (QED) is 0.611. The molecule has 0 saturated carbocycles. The Labute approximate surface area is 178 Å². The number of ether oxygens (including phenoxy) is 2. The van der Waals surface area contributed by atoms with Crippen molar-refractivity contribution >= 4 is 44.2 Å². The van der Waals surface area contributed by atoms with Gasteiger partial charge in [-0.05, 0) is 36.8 Å². The van der Waals surface area contributed by atoms with Crippen molar-refractivity contribution in [1.29, 1.82) is 0 Å². The number of carbonyl (C=O) groups is 1. The number of hydrogen-bond donors (Lipinski definition) is 0. The van der Waals surface area contributed by atoms with Crippen molar-refractivity contribution in [1.82, 2.24) is 9.88 Å². The van der Waals surface area contributed by atoms with E-state index < -0.39 is 0 Å². The summed E-state index contributed by atoms with van der Waals surface area (Å²) < 4.78 is 12.1. The number of benzene rings is 2. The molecule has 1 aliphatic rings. The lowest BCUT2D eigenvalue weighted by molar-refractivity contribution is -0.133. The molecule has 8 heteroatoms. The average Bonchev–Trinajstić information content (AvgIpc) is 3.20. The smallest absolute Gasteiger partial charge is 0.260 e. The summed E-state index contributed by atoms with van der Waals surface area (Å²) >= 11 is 7.88. The van der Waals surface area contributed by atoms with E-state index in [1.54, 1.807) is 24.5 Å². The number of fused-ring (bicyclic) bond motifs is 1. The minimum Gasteiger partial charge on any atom is -0.493 e. The number of carbonyl (C=O) groups excluding carboxylic acids is 1. The molecule has 4 rings (SSSR count). The zero-order valence-electron chi connectivity index (χ0n) is 16.4. The minimum absolute atomic E-state index is 0.000789. The van der Waals surface area contributed by atoms with Crippen LogP contribution in [0.25, 0.3) is 10.2 Å². The number of nitrogens with zero attached hydrogens (tertiary/aromatic N) is 3. The Hall–Kier alpha value is -2.51. The second-order valence-electron chi connectivity index (χ2n) is 6.82. The fourth-order valence-corrected chi connectivity index (χ4v) is 4.57. The van der Waals surface area contributed by atoms with Crippen LogP contribution < -0.4 is 14.4 Å². The van der Waals surface area contributed by atoms with Crippen molar-refractivity contribution in [2.24, 2.45) is 0 Å². The predicted octanol–water partition coefficient (Wildman–Crippen LogP) is 3.99. The molecule has 2 aromatic carbocycles. The first kappa shape index (κ1) is 19.8. The van der Waals surface area contributed by atoms with Gasteiger partial charge in [-0.3, -0.25) is 4.79 Å². The summed E-state index contributed by atoms with van der Waals surface area (Å²) in [6.07, 6.45) is 0. The number of aromatic nitrogens is 1. The van der Waals surface area contributed by atoms with Gasteiger partial charge in [0.2, 0.25) is 0 Å². The van der Waals surface area contributed by atoms with E-state index in [0.717, 1.165) is 39.0 Å². The summed E-state index contributed by atoms with van der Waals surface area (Å²) in [5.74, 6) is 1.17. The van der Waals surface area contributed by atoms with Crippen LogP contribution in [0.4, 0.5) is 5.13 Å². The van der Waals surface area contributed by atoms with Gasteiger partial charge in [0.25, 0.3) is 5.91 Å². The molecular weight excluding hydrogens is 410 g/mol. The minimum atomic E-state index is -0.0255. The monoisotopic (exact) mass is 431 g/mol. The van der Waals surface area contributed by atoms with Crippen molar-refractivity contribution in [2.45, 2.75) is 6.92 Å². The van der Waals surface area contributed by atoms with Crippen LogP contribution in [0.5, 0.6) is 11.5 Å². The third-order valence-corrected chi connectivity index (χ3v) is 6.55. The van der Waals surface area contributed by atoms with Gasteiger partial charge in [0.05, 0.1) is 17.3 Å². The number of piperazine rings is 1. The highest BCUT2D eigenvalue weighted by Crippen LogP contribution is 2.34. The Balaban J connectivity index is 1.35. The molecule has 1 aliphatic heterocycles. The van der Waals surface area contributed by atoms with Crippen molar-refractivity contribution in [3.8, 4) is 11.5 Å². The summed E-state index contributed by atoms with van der Waals surface area (Å²) in [4.78, 5) is 21.4. The third kappa shape index (κ3) is 4.11. The first-order valence-electron chi connectivity index (χ1n) is 9.41. The molecule has 0 atom stereocenters. The topological polar surface area (TPSA) is 54.9 Å². The standard InChI is InChI=1S/C21H22ClN3O3S/c1-14-15(22)7-8-18-20(14)23-21(29-18)25-11-9-24(10-12-25)19(26)13-28-17-6-4-3-5-16(17)27-2/h3-8H,9-13H2,1-2H3. The number of rotatable bonds is 5. The van der Waals surface area contributed by atoms with Crippen molar-refractivity contribution in [3.63, 3.8) is 0 Å². The Bertz CT molecular complexity index is 1030. The number of thiazole rings is 1. The lowest BCUT2D eigenvalue weighted by Crippen LogP contribution is -2.50. The largest absolute Gasteiger partial charge is 0.493 e. The van der Waals surface area contributed by atoms with Crippen molar-refractivity contribution < 1.29 is 14.3 Å². The van der Waals surface area contributed by atoms with Gasteiger partial charge in [0, 0.05) is 31.2 Å². The molecule has 6 nitrogen and oxygen atoms in total. The van der Waals surface area contributed by atoms with Gasteiger partial charge < -0.3 is 19.3 Å². The molecule has 1 amide bonds. The molecule has 1 fully saturated rings. The number of methoxy groups -OCH3 is 1. The Morgan fingerprint density at radius 2 is 1.86 bits per heavy atom. The van der Waals surface area contributed by atoms with Gasteiger partial charge in [0.15, 0.2) is 23.2 Å². The van der Waals surface area contributed by atoms with Gasteiger partial charge in [-0.2, -0.15) is 0 Å². The maximum absolute atomic E-state index is 12.6. The van der Waals surface area contributed by atoms with Gasteiger partial charge in [0.1, 0.15) is 0 Å². The molecule has 0 radical (unpaired) electrons. The van der Waals surface area contributed by atoms with Crippen LogP contribution in [0, 0.1) is 6.92 Å². The molecule has 0 aliphatic carbocycles. The number of anilines is 1. The Kier molecular flexibility index (Phi) is 5.78. The highest BCUT2D eigenvalue weighted by molar-refractivity contribution is 7.22. The number of halogens is 1. The molecule has 2 heterocycles. The summed E-state index contributed by atoms with van der Waals surface area (Å²) in [5, 5.41) is 1.71. The maximum Gasteiger partial charge on any atom is 0.260 e. The van der Waals surface area contributed by atoms with Crippen molar-refractivity contribution in [3.05, 3.63) is 47.0 Å². The highest BCUT2D eigenvalue weighted by Gasteiger charge is 2.24. The number of amides is 1. The second kappa shape index (κ2) is 8.47. The van der Waals surface area contributed by atoms with Crippen LogP contribution in [0.15, 0.2) is 36.4 Å². The maximum atomic E-state index is 12.6. The van der Waals surface area contributed by atoms with Gasteiger partial charge in [-0.15, -0.1) is 0 Å². The molecule has 152 valence electrons. The lowest BCUT2D eigenvalue weighted by atomic mass is 10.2. The second-order valence-corrected chi connectivity index (χ2v) is 8.24. The van der Waals surface area contributed by atoms with Gasteiger partial charge >= 0.3 is 0 Å². The summed E-state index contributed by atoms with van der Waals surface area (Å²) in [7, 11) is 1.58. The van der Waals surface area contributed by atoms with Crippen LogP contribution in [0.1, 0.15) is 5.56 Å². The first-order chi connectivity index (χ1) is 14.1. The normalized spacial score (nSPS) is 14.3. The summed E-state index contributed by atoms with van der Waals surface area (Å²) in [6, 6.07) is 11.3. The van der Waals surface area contributed by atoms with E-state index in [9.17, 15) is 4.79 Å². The summed E-state index contributed by atoms with van der Waals surface area (Å²) in [5.41, 5.74) is 1.97. The van der Waals surface area contributed by atoms with E-state index in [1.165, 1.54) is 0 Å². The molecule has 29 heavy (non-hydrogen) atoms. The zero-order valence-corrected chi connectivity index (χ0v) is 17.9. The van der Waals surface area contributed by atoms with Gasteiger partial charge in [-0.1, -0.05) is 35.1 Å². The van der Waals surface area contributed by atoms with E-state index in [-0.39, 0.29) is 12.5 Å². The molecule has 0 N–H and O–H groups in total.